The predicted molar refractivity (Wildman–Crippen MR) is 89.3 cm³/mol. The number of benzene rings is 2. The second-order valence-corrected chi connectivity index (χ2v) is 5.77. The fraction of sp³-hybridized carbons (Fsp3) is 0. The van der Waals surface area contributed by atoms with Gasteiger partial charge in [-0.2, -0.15) is 13.8 Å². The summed E-state index contributed by atoms with van der Waals surface area (Å²) in [4.78, 5) is 7.85. The van der Waals surface area contributed by atoms with Gasteiger partial charge < -0.3 is 0 Å². The first-order valence-corrected chi connectivity index (χ1v) is 7.58. The molecule has 0 saturated carbocycles. The maximum atomic E-state index is 14.1. The standard InChI is InChI=1S/C20H10F2N2/c21-18-9-8-14(20(22)24-18)17-10-15-12-5-2-1-4-11(12)13-6-3-7-16(23-17)19(13)15/h1-10H. The molecular weight excluding hydrogens is 306 g/mol. The molecule has 0 aliphatic heterocycles. The fourth-order valence-corrected chi connectivity index (χ4v) is 3.42. The molecule has 24 heavy (non-hydrogen) atoms. The van der Waals surface area contributed by atoms with E-state index in [0.29, 0.717) is 5.69 Å². The molecule has 114 valence electrons. The Hall–Kier alpha value is -3.14. The summed E-state index contributed by atoms with van der Waals surface area (Å²) in [7, 11) is 0. The lowest BCUT2D eigenvalue weighted by Crippen LogP contribution is -1.95. The molecule has 4 heteroatoms. The molecule has 0 spiro atoms. The second-order valence-electron chi connectivity index (χ2n) is 5.77. The van der Waals surface area contributed by atoms with E-state index in [-0.39, 0.29) is 5.56 Å². The van der Waals surface area contributed by atoms with Crippen molar-refractivity contribution in [3.63, 3.8) is 0 Å². The third-order valence-electron chi connectivity index (χ3n) is 4.43. The van der Waals surface area contributed by atoms with Crippen molar-refractivity contribution in [2.24, 2.45) is 0 Å². The van der Waals surface area contributed by atoms with Crippen LogP contribution in [-0.4, -0.2) is 9.97 Å². The van der Waals surface area contributed by atoms with Gasteiger partial charge in [-0.25, -0.2) is 4.98 Å². The molecule has 2 heterocycles. The number of aromatic nitrogens is 2. The van der Waals surface area contributed by atoms with E-state index in [4.69, 9.17) is 0 Å². The number of fused-ring (bicyclic) bond motifs is 3. The van der Waals surface area contributed by atoms with Crippen molar-refractivity contribution in [2.75, 3.05) is 0 Å². The number of rotatable bonds is 1. The lowest BCUT2D eigenvalue weighted by atomic mass is 10.0. The van der Waals surface area contributed by atoms with Crippen molar-refractivity contribution < 1.29 is 8.78 Å². The van der Waals surface area contributed by atoms with Gasteiger partial charge in [0, 0.05) is 5.39 Å². The first-order chi connectivity index (χ1) is 11.7. The van der Waals surface area contributed by atoms with E-state index in [1.165, 1.54) is 6.07 Å². The summed E-state index contributed by atoms with van der Waals surface area (Å²) in [5, 5.41) is 1.07. The van der Waals surface area contributed by atoms with Crippen LogP contribution in [0.3, 0.4) is 0 Å². The number of halogens is 2. The molecule has 0 fully saturated rings. The number of hydrogen-bond donors (Lipinski definition) is 0. The zero-order chi connectivity index (χ0) is 16.3. The van der Waals surface area contributed by atoms with Gasteiger partial charge in [0.15, 0.2) is 0 Å². The molecule has 0 bridgehead atoms. The van der Waals surface area contributed by atoms with E-state index in [0.717, 1.165) is 39.2 Å². The molecule has 1 aliphatic rings. The minimum atomic E-state index is -0.850. The summed E-state index contributed by atoms with van der Waals surface area (Å²) in [5.41, 5.74) is 5.85. The molecule has 0 saturated heterocycles. The van der Waals surface area contributed by atoms with E-state index in [2.05, 4.69) is 22.1 Å². The van der Waals surface area contributed by atoms with Crippen LogP contribution in [0.1, 0.15) is 0 Å². The van der Waals surface area contributed by atoms with Gasteiger partial charge in [0.1, 0.15) is 0 Å². The lowest BCUT2D eigenvalue weighted by Gasteiger charge is -2.07. The third-order valence-corrected chi connectivity index (χ3v) is 4.43. The highest BCUT2D eigenvalue weighted by Crippen LogP contribution is 2.47. The minimum Gasteiger partial charge on any atom is -0.248 e. The zero-order valence-corrected chi connectivity index (χ0v) is 12.4. The highest BCUT2D eigenvalue weighted by Gasteiger charge is 2.23. The highest BCUT2D eigenvalue weighted by molar-refractivity contribution is 6.14. The molecule has 0 atom stereocenters. The average Bonchev–Trinajstić information content (AvgIpc) is 2.91. The largest absolute Gasteiger partial charge is 0.248 e. The number of pyridine rings is 2. The molecule has 1 aliphatic carbocycles. The molecule has 4 aromatic rings. The van der Waals surface area contributed by atoms with Gasteiger partial charge in [0.25, 0.3) is 0 Å². The summed E-state index contributed by atoms with van der Waals surface area (Å²) in [5.74, 6) is -1.69. The Bertz CT molecular complexity index is 1140. The summed E-state index contributed by atoms with van der Waals surface area (Å²) >= 11 is 0. The lowest BCUT2D eigenvalue weighted by molar-refractivity contribution is 0.515. The van der Waals surface area contributed by atoms with E-state index < -0.39 is 11.9 Å². The van der Waals surface area contributed by atoms with Crippen molar-refractivity contribution >= 4 is 10.9 Å². The predicted octanol–water partition coefficient (Wildman–Crippen LogP) is 5.22. The van der Waals surface area contributed by atoms with Gasteiger partial charge in [-0.1, -0.05) is 36.4 Å². The molecular formula is C20H10F2N2. The smallest absolute Gasteiger partial charge is 0.224 e. The summed E-state index contributed by atoms with van der Waals surface area (Å²) in [6, 6.07) is 18.4. The Morgan fingerprint density at radius 3 is 2.17 bits per heavy atom. The quantitative estimate of drug-likeness (QED) is 0.396. The molecule has 0 radical (unpaired) electrons. The van der Waals surface area contributed by atoms with Gasteiger partial charge in [0.2, 0.25) is 11.9 Å². The Kier molecular flexibility index (Phi) is 2.59. The van der Waals surface area contributed by atoms with Crippen LogP contribution in [0.5, 0.6) is 0 Å². The molecule has 0 unspecified atom stereocenters. The van der Waals surface area contributed by atoms with Gasteiger partial charge in [0.05, 0.1) is 16.8 Å². The molecule has 0 N–H and O–H groups in total. The fourth-order valence-electron chi connectivity index (χ4n) is 3.42. The van der Waals surface area contributed by atoms with Gasteiger partial charge in [-0.05, 0) is 46.5 Å². The second kappa shape index (κ2) is 4.68. The van der Waals surface area contributed by atoms with E-state index >= 15 is 0 Å². The minimum absolute atomic E-state index is 0.198. The van der Waals surface area contributed by atoms with Crippen molar-refractivity contribution in [2.45, 2.75) is 0 Å². The molecule has 5 rings (SSSR count). The monoisotopic (exact) mass is 316 g/mol. The Morgan fingerprint density at radius 1 is 0.625 bits per heavy atom. The van der Waals surface area contributed by atoms with E-state index in [9.17, 15) is 8.78 Å². The van der Waals surface area contributed by atoms with E-state index in [1.807, 2.05) is 36.4 Å². The van der Waals surface area contributed by atoms with Crippen LogP contribution in [0.25, 0.3) is 44.4 Å². The van der Waals surface area contributed by atoms with Crippen molar-refractivity contribution in [1.82, 2.24) is 9.97 Å². The summed E-state index contributed by atoms with van der Waals surface area (Å²) < 4.78 is 27.2. The molecule has 2 aromatic carbocycles. The maximum absolute atomic E-state index is 14.1. The first kappa shape index (κ1) is 13.3. The van der Waals surface area contributed by atoms with Crippen molar-refractivity contribution in [1.29, 1.82) is 0 Å². The Balaban J connectivity index is 1.86. The van der Waals surface area contributed by atoms with Crippen LogP contribution >= 0.6 is 0 Å². The van der Waals surface area contributed by atoms with Crippen LogP contribution in [-0.2, 0) is 0 Å². The third kappa shape index (κ3) is 1.74. The number of nitrogens with zero attached hydrogens (tertiary/aromatic N) is 2. The van der Waals surface area contributed by atoms with Crippen LogP contribution in [0.2, 0.25) is 0 Å². The van der Waals surface area contributed by atoms with Gasteiger partial charge in [-0.15, -0.1) is 0 Å². The van der Waals surface area contributed by atoms with E-state index in [1.54, 1.807) is 0 Å². The zero-order valence-electron chi connectivity index (χ0n) is 12.4. The van der Waals surface area contributed by atoms with Gasteiger partial charge in [-0.3, -0.25) is 0 Å². The first-order valence-electron chi connectivity index (χ1n) is 7.58. The molecule has 2 nitrogen and oxygen atoms in total. The topological polar surface area (TPSA) is 25.8 Å². The normalized spacial score (nSPS) is 11.8. The molecule has 2 aromatic heterocycles. The summed E-state index contributed by atoms with van der Waals surface area (Å²) in [6.07, 6.45) is 0. The maximum Gasteiger partial charge on any atom is 0.224 e. The van der Waals surface area contributed by atoms with Crippen molar-refractivity contribution in [3.8, 4) is 33.5 Å². The molecule has 0 amide bonds. The van der Waals surface area contributed by atoms with Crippen molar-refractivity contribution in [3.05, 3.63) is 72.6 Å². The SMILES string of the molecule is Fc1ccc(-c2cc3c4c(cccc4n2)-c2ccccc2-3)c(F)n1. The Labute approximate surface area is 136 Å². The highest BCUT2D eigenvalue weighted by atomic mass is 19.1. The van der Waals surface area contributed by atoms with Crippen LogP contribution in [0, 0.1) is 11.9 Å². The number of hydrogen-bond acceptors (Lipinski definition) is 2. The van der Waals surface area contributed by atoms with Gasteiger partial charge >= 0.3 is 0 Å². The summed E-state index contributed by atoms with van der Waals surface area (Å²) in [6.45, 7) is 0. The Morgan fingerprint density at radius 2 is 1.38 bits per heavy atom. The van der Waals surface area contributed by atoms with Crippen LogP contribution < -0.4 is 0 Å². The van der Waals surface area contributed by atoms with Crippen LogP contribution in [0.15, 0.2) is 60.7 Å². The average molecular weight is 316 g/mol. The van der Waals surface area contributed by atoms with Crippen LogP contribution in [0.4, 0.5) is 8.78 Å².